The molecule has 3 aromatic carbocycles. The van der Waals surface area contributed by atoms with Crippen LogP contribution in [-0.2, 0) is 11.2 Å². The van der Waals surface area contributed by atoms with Gasteiger partial charge in [-0.15, -0.1) is 6.58 Å². The molecule has 190 valence electrons. The molecular formula is C32H35F3O. The van der Waals surface area contributed by atoms with Gasteiger partial charge < -0.3 is 4.74 Å². The minimum Gasteiger partial charge on any atom is -0.374 e. The number of benzene rings is 3. The molecule has 2 unspecified atom stereocenters. The minimum absolute atomic E-state index is 0.0369. The van der Waals surface area contributed by atoms with E-state index in [2.05, 4.69) is 13.5 Å². The third kappa shape index (κ3) is 6.10. The van der Waals surface area contributed by atoms with Crippen molar-refractivity contribution in [3.63, 3.8) is 0 Å². The number of halogens is 3. The average Bonchev–Trinajstić information content (AvgIpc) is 2.91. The number of hydrogen-bond acceptors (Lipinski definition) is 1. The molecule has 1 fully saturated rings. The first-order chi connectivity index (χ1) is 17.5. The molecule has 1 aliphatic heterocycles. The average molecular weight is 493 g/mol. The van der Waals surface area contributed by atoms with Gasteiger partial charge in [-0.2, -0.15) is 0 Å². The van der Waals surface area contributed by atoms with Crippen LogP contribution in [0.2, 0.25) is 0 Å². The van der Waals surface area contributed by atoms with Crippen LogP contribution in [0, 0.1) is 17.5 Å². The van der Waals surface area contributed by atoms with Gasteiger partial charge in [-0.3, -0.25) is 0 Å². The maximum absolute atomic E-state index is 15.0. The van der Waals surface area contributed by atoms with E-state index in [1.165, 1.54) is 6.42 Å². The number of rotatable bonds is 10. The van der Waals surface area contributed by atoms with Crippen LogP contribution in [0.3, 0.4) is 0 Å². The van der Waals surface area contributed by atoms with Gasteiger partial charge in [0.05, 0.1) is 12.7 Å². The Hall–Kier alpha value is -2.85. The highest BCUT2D eigenvalue weighted by Gasteiger charge is 2.23. The summed E-state index contributed by atoms with van der Waals surface area (Å²) in [4.78, 5) is 0. The van der Waals surface area contributed by atoms with Crippen molar-refractivity contribution < 1.29 is 17.9 Å². The second kappa shape index (κ2) is 12.4. The summed E-state index contributed by atoms with van der Waals surface area (Å²) in [6, 6.07) is 15.8. The highest BCUT2D eigenvalue weighted by atomic mass is 19.2. The smallest absolute Gasteiger partial charge is 0.166 e. The molecule has 0 saturated carbocycles. The van der Waals surface area contributed by atoms with Crippen LogP contribution < -0.4 is 0 Å². The second-order valence-corrected chi connectivity index (χ2v) is 9.76. The van der Waals surface area contributed by atoms with Gasteiger partial charge in [0.2, 0.25) is 0 Å². The monoisotopic (exact) mass is 492 g/mol. The van der Waals surface area contributed by atoms with E-state index in [0.29, 0.717) is 29.7 Å². The van der Waals surface area contributed by atoms with Crippen molar-refractivity contribution in [2.24, 2.45) is 0 Å². The van der Waals surface area contributed by atoms with Crippen molar-refractivity contribution in [3.05, 3.63) is 95.8 Å². The van der Waals surface area contributed by atoms with Gasteiger partial charge in [-0.25, -0.2) is 13.2 Å². The third-order valence-corrected chi connectivity index (χ3v) is 7.26. The third-order valence-electron chi connectivity index (χ3n) is 7.26. The lowest BCUT2D eigenvalue weighted by molar-refractivity contribution is 0.0321. The predicted molar refractivity (Wildman–Crippen MR) is 142 cm³/mol. The Morgan fingerprint density at radius 1 is 0.833 bits per heavy atom. The van der Waals surface area contributed by atoms with Crippen LogP contribution in [0.4, 0.5) is 13.2 Å². The van der Waals surface area contributed by atoms with Crippen LogP contribution in [0.1, 0.15) is 68.9 Å². The molecule has 0 N–H and O–H groups in total. The van der Waals surface area contributed by atoms with E-state index in [-0.39, 0.29) is 23.4 Å². The summed E-state index contributed by atoms with van der Waals surface area (Å²) in [5.41, 5.74) is 3.50. The summed E-state index contributed by atoms with van der Waals surface area (Å²) in [5.74, 6) is -1.77. The van der Waals surface area contributed by atoms with Crippen molar-refractivity contribution in [3.8, 4) is 22.3 Å². The van der Waals surface area contributed by atoms with Crippen molar-refractivity contribution in [1.29, 1.82) is 0 Å². The van der Waals surface area contributed by atoms with Crippen LogP contribution in [-0.4, -0.2) is 12.7 Å². The van der Waals surface area contributed by atoms with Gasteiger partial charge in [0.15, 0.2) is 11.6 Å². The van der Waals surface area contributed by atoms with Gasteiger partial charge >= 0.3 is 0 Å². The summed E-state index contributed by atoms with van der Waals surface area (Å²) < 4.78 is 50.3. The van der Waals surface area contributed by atoms with Crippen molar-refractivity contribution in [2.75, 3.05) is 6.61 Å². The lowest BCUT2D eigenvalue weighted by atomic mass is 9.89. The first-order valence-electron chi connectivity index (χ1n) is 13.1. The molecule has 4 rings (SSSR count). The molecule has 3 aromatic rings. The predicted octanol–water partition coefficient (Wildman–Crippen LogP) is 9.40. The Balaban J connectivity index is 1.45. The van der Waals surface area contributed by atoms with Crippen LogP contribution in [0.25, 0.3) is 22.3 Å². The van der Waals surface area contributed by atoms with E-state index in [1.807, 2.05) is 24.3 Å². The Morgan fingerprint density at radius 2 is 1.56 bits per heavy atom. The number of hydrogen-bond donors (Lipinski definition) is 0. The zero-order valence-electron chi connectivity index (χ0n) is 21.0. The zero-order chi connectivity index (χ0) is 25.5. The van der Waals surface area contributed by atoms with Crippen molar-refractivity contribution in [1.82, 2.24) is 0 Å². The maximum atomic E-state index is 15.0. The lowest BCUT2D eigenvalue weighted by Crippen LogP contribution is -2.23. The molecule has 4 heteroatoms. The fraction of sp³-hybridized carbons (Fsp3) is 0.375. The fourth-order valence-corrected chi connectivity index (χ4v) is 5.01. The molecule has 1 nitrogen and oxygen atoms in total. The van der Waals surface area contributed by atoms with E-state index in [1.54, 1.807) is 36.4 Å². The number of unbranched alkanes of at least 4 members (excludes halogenated alkanes) is 4. The lowest BCUT2D eigenvalue weighted by Gasteiger charge is -2.27. The molecule has 1 saturated heterocycles. The summed E-state index contributed by atoms with van der Waals surface area (Å²) in [6.07, 6.45) is 9.45. The summed E-state index contributed by atoms with van der Waals surface area (Å²) in [6.45, 7) is 6.40. The van der Waals surface area contributed by atoms with E-state index >= 15 is 0 Å². The Labute approximate surface area is 213 Å². The highest BCUT2D eigenvalue weighted by molar-refractivity contribution is 5.71. The normalized spacial score (nSPS) is 17.8. The molecule has 1 heterocycles. The van der Waals surface area contributed by atoms with E-state index in [0.717, 1.165) is 49.7 Å². The van der Waals surface area contributed by atoms with E-state index in [9.17, 15) is 13.2 Å². The van der Waals surface area contributed by atoms with Gasteiger partial charge in [0.1, 0.15) is 5.82 Å². The molecule has 2 atom stereocenters. The number of ether oxygens (including phenoxy) is 1. The zero-order valence-corrected chi connectivity index (χ0v) is 21.0. The first kappa shape index (κ1) is 26.2. The summed E-state index contributed by atoms with van der Waals surface area (Å²) in [5, 5.41) is 0. The van der Waals surface area contributed by atoms with E-state index in [4.69, 9.17) is 4.74 Å². The number of aryl methyl sites for hydroxylation is 1. The molecule has 0 aliphatic carbocycles. The molecule has 1 aliphatic rings. The fourth-order valence-electron chi connectivity index (χ4n) is 5.01. The topological polar surface area (TPSA) is 9.23 Å². The van der Waals surface area contributed by atoms with Crippen LogP contribution >= 0.6 is 0 Å². The van der Waals surface area contributed by atoms with Gasteiger partial charge in [0, 0.05) is 11.5 Å². The van der Waals surface area contributed by atoms with Crippen molar-refractivity contribution >= 4 is 0 Å². The Morgan fingerprint density at radius 3 is 2.22 bits per heavy atom. The second-order valence-electron chi connectivity index (χ2n) is 9.76. The quantitative estimate of drug-likeness (QED) is 0.202. The summed E-state index contributed by atoms with van der Waals surface area (Å²) >= 11 is 0. The van der Waals surface area contributed by atoms with Crippen LogP contribution in [0.5, 0.6) is 0 Å². The summed E-state index contributed by atoms with van der Waals surface area (Å²) in [7, 11) is 0. The molecule has 0 bridgehead atoms. The standard InChI is InChI=1S/C32H35F3O/c1-3-5-6-7-8-9-24-15-19-29(32(35)31(24)34)23-12-10-22(11-13-23)25-16-18-28(30(33)20-25)26-14-17-27(4-2)36-21-26/h4,10-13,15-16,18-20,26-27H,2-3,5-9,14,17,21H2,1H3. The Bertz CT molecular complexity index is 1160. The van der Waals surface area contributed by atoms with Crippen molar-refractivity contribution in [2.45, 2.75) is 70.3 Å². The van der Waals surface area contributed by atoms with Crippen LogP contribution in [0.15, 0.2) is 67.3 Å². The largest absolute Gasteiger partial charge is 0.374 e. The SMILES string of the molecule is C=CC1CCC(c2ccc(-c3ccc(-c4ccc(CCCCCCC)c(F)c4F)cc3)cc2F)CO1. The van der Waals surface area contributed by atoms with Gasteiger partial charge in [-0.05, 0) is 59.6 Å². The molecule has 0 aromatic heterocycles. The van der Waals surface area contributed by atoms with Gasteiger partial charge in [-0.1, -0.05) is 87.2 Å². The first-order valence-corrected chi connectivity index (χ1v) is 13.1. The molecule has 0 amide bonds. The molecule has 0 spiro atoms. The molecule has 36 heavy (non-hydrogen) atoms. The maximum Gasteiger partial charge on any atom is 0.166 e. The highest BCUT2D eigenvalue weighted by Crippen LogP contribution is 2.34. The minimum atomic E-state index is -0.808. The Kier molecular flexibility index (Phi) is 9.03. The molecular weight excluding hydrogens is 457 g/mol. The van der Waals surface area contributed by atoms with Gasteiger partial charge in [0.25, 0.3) is 0 Å². The van der Waals surface area contributed by atoms with E-state index < -0.39 is 11.6 Å². The molecule has 0 radical (unpaired) electrons.